The van der Waals surface area contributed by atoms with Crippen LogP contribution in [0, 0.1) is 27.7 Å². The van der Waals surface area contributed by atoms with Crippen molar-refractivity contribution in [3.63, 3.8) is 0 Å². The van der Waals surface area contributed by atoms with Gasteiger partial charge in [-0.2, -0.15) is 0 Å². The summed E-state index contributed by atoms with van der Waals surface area (Å²) in [4.78, 5) is 0. The number of rotatable bonds is 6. The van der Waals surface area contributed by atoms with Crippen molar-refractivity contribution in [2.24, 2.45) is 0 Å². The van der Waals surface area contributed by atoms with E-state index in [2.05, 4.69) is 148 Å². The second-order valence-electron chi connectivity index (χ2n) is 14.0. The molecule has 0 bridgehead atoms. The van der Waals surface area contributed by atoms with E-state index < -0.39 is 22.6 Å². The van der Waals surface area contributed by atoms with Crippen LogP contribution >= 0.6 is 0 Å². The van der Waals surface area contributed by atoms with E-state index in [0.717, 1.165) is 0 Å². The van der Waals surface area contributed by atoms with Gasteiger partial charge in [0, 0.05) is 0 Å². The Bertz CT molecular complexity index is 1700. The molecule has 2 unspecified atom stereocenters. The standard InChI is InChI=1S/2C17H15.C4H10Si.2CH3.Hf/c2*1-12-6-3-7-13(2)17(12)16-11-5-9-14-8-4-10-15(14)16;1-3-4-5-2;;;/h2*3-11H,1-2H3;3-4H2,1-2H3;2*1H3;. The Morgan fingerprint density at radius 2 is 0.976 bits per heavy atom. The SMILES string of the molecule is CCC[Si](C)=[Hf]([CH3])([CH3])([CH]1C=Cc2c(-c3c(C)cccc3C)cccc21)[CH]1C=Cc2c(-c3c(C)cccc3C)cccc21. The summed E-state index contributed by atoms with van der Waals surface area (Å²) in [5, 5.41) is 0. The summed E-state index contributed by atoms with van der Waals surface area (Å²) in [7, 11) is 0. The molecule has 4 aromatic rings. The third-order valence-corrected chi connectivity index (χ3v) is 69.4. The maximum atomic E-state index is 2.87. The quantitative estimate of drug-likeness (QED) is 0.173. The van der Waals surface area contributed by atoms with Gasteiger partial charge in [-0.15, -0.1) is 0 Å². The fourth-order valence-corrected chi connectivity index (χ4v) is 53.0. The van der Waals surface area contributed by atoms with Gasteiger partial charge in [0.15, 0.2) is 0 Å². The first-order chi connectivity index (χ1) is 20.1. The summed E-state index contributed by atoms with van der Waals surface area (Å²) in [6.45, 7) is 14.2. The van der Waals surface area contributed by atoms with E-state index in [4.69, 9.17) is 0 Å². The molecule has 2 aliphatic rings. The van der Waals surface area contributed by atoms with Crippen molar-refractivity contribution in [2.75, 3.05) is 0 Å². The number of aryl methyl sites for hydroxylation is 4. The molecule has 0 N–H and O–H groups in total. The van der Waals surface area contributed by atoms with E-state index in [1.807, 2.05) is 0 Å². The third kappa shape index (κ3) is 4.39. The summed E-state index contributed by atoms with van der Waals surface area (Å²) in [5.41, 5.74) is 16.7. The molecule has 0 fully saturated rings. The van der Waals surface area contributed by atoms with Gasteiger partial charge in [0.25, 0.3) is 0 Å². The molecule has 0 saturated carbocycles. The first-order valence-electron chi connectivity index (χ1n) is 15.9. The van der Waals surface area contributed by atoms with Crippen molar-refractivity contribution in [2.45, 2.75) is 70.3 Å². The second kappa shape index (κ2) is 10.9. The van der Waals surface area contributed by atoms with Crippen molar-refractivity contribution >= 4 is 17.6 Å². The van der Waals surface area contributed by atoms with Crippen molar-refractivity contribution in [1.29, 1.82) is 0 Å². The van der Waals surface area contributed by atoms with Crippen LogP contribution < -0.4 is 0 Å². The molecule has 0 aromatic heterocycles. The molecule has 0 spiro atoms. The first-order valence-corrected chi connectivity index (χ1v) is 34.8. The van der Waals surface area contributed by atoms with Crippen molar-refractivity contribution in [3.05, 3.63) is 129 Å². The van der Waals surface area contributed by atoms with Crippen LogP contribution in [0.25, 0.3) is 34.4 Å². The third-order valence-electron chi connectivity index (χ3n) is 11.2. The van der Waals surface area contributed by atoms with Gasteiger partial charge in [0.05, 0.1) is 0 Å². The fourth-order valence-electron chi connectivity index (χ4n) is 8.63. The summed E-state index contributed by atoms with van der Waals surface area (Å²) < 4.78 is 6.87. The van der Waals surface area contributed by atoms with Crippen LogP contribution in [0.2, 0.25) is 22.0 Å². The molecule has 2 aliphatic carbocycles. The van der Waals surface area contributed by atoms with Crippen LogP contribution in [0.15, 0.2) is 84.9 Å². The van der Waals surface area contributed by atoms with E-state index in [9.17, 15) is 0 Å². The monoisotopic (exact) mass is 734 g/mol. The van der Waals surface area contributed by atoms with E-state index in [0.29, 0.717) is 7.35 Å². The molecule has 0 amide bonds. The molecule has 214 valence electrons. The van der Waals surface area contributed by atoms with E-state index in [1.54, 1.807) is 11.1 Å². The average Bonchev–Trinajstić information content (AvgIpc) is 3.60. The van der Waals surface area contributed by atoms with E-state index in [1.165, 1.54) is 68.1 Å². The number of allylic oxidation sites excluding steroid dienone is 2. The minimum absolute atomic E-state index is 0.566. The Balaban J connectivity index is 1.57. The zero-order valence-electron chi connectivity index (χ0n) is 26.8. The molecule has 2 heteroatoms. The molecule has 0 heterocycles. The van der Waals surface area contributed by atoms with Crippen molar-refractivity contribution in [1.82, 2.24) is 0 Å². The minimum atomic E-state index is -3.79. The summed E-state index contributed by atoms with van der Waals surface area (Å²) in [6.07, 6.45) is 11.6. The zero-order valence-corrected chi connectivity index (χ0v) is 31.4. The fraction of sp³-hybridized carbons (Fsp3) is 0.300. The topological polar surface area (TPSA) is 0 Å². The first kappa shape index (κ1) is 29.5. The van der Waals surface area contributed by atoms with Crippen LogP contribution in [-0.2, 0) is 17.1 Å². The van der Waals surface area contributed by atoms with Gasteiger partial charge < -0.3 is 0 Å². The van der Waals surface area contributed by atoms with Crippen molar-refractivity contribution < 1.29 is 17.1 Å². The van der Waals surface area contributed by atoms with Gasteiger partial charge in [0.1, 0.15) is 0 Å². The van der Waals surface area contributed by atoms with Gasteiger partial charge in [-0.25, -0.2) is 0 Å². The van der Waals surface area contributed by atoms with Crippen LogP contribution in [-0.4, -0.2) is 5.49 Å². The van der Waals surface area contributed by atoms with Crippen LogP contribution in [0.3, 0.4) is 0 Å². The van der Waals surface area contributed by atoms with Crippen LogP contribution in [0.4, 0.5) is 0 Å². The summed E-state index contributed by atoms with van der Waals surface area (Å²) in [5.74, 6) is 0. The molecule has 4 aromatic carbocycles. The number of fused-ring (bicyclic) bond motifs is 2. The molecule has 0 saturated heterocycles. The summed E-state index contributed by atoms with van der Waals surface area (Å²) >= 11 is -3.79. The number of benzene rings is 4. The van der Waals surface area contributed by atoms with Crippen LogP contribution in [0.1, 0.15) is 65.2 Å². The van der Waals surface area contributed by atoms with Gasteiger partial charge in [-0.3, -0.25) is 0 Å². The van der Waals surface area contributed by atoms with Gasteiger partial charge >= 0.3 is 257 Å². The molecule has 0 radical (unpaired) electrons. The number of hydrogen-bond donors (Lipinski definition) is 0. The second-order valence-corrected chi connectivity index (χ2v) is 61.4. The molecule has 0 aliphatic heterocycles. The Labute approximate surface area is 255 Å². The van der Waals surface area contributed by atoms with Gasteiger partial charge in [0.2, 0.25) is 0 Å². The molecule has 0 nitrogen and oxygen atoms in total. The van der Waals surface area contributed by atoms with Crippen LogP contribution in [0.5, 0.6) is 0 Å². The average molecular weight is 733 g/mol. The summed E-state index contributed by atoms with van der Waals surface area (Å²) in [6, 6.07) is 29.2. The zero-order chi connectivity index (χ0) is 29.8. The van der Waals surface area contributed by atoms with Gasteiger partial charge in [-0.05, 0) is 0 Å². The predicted octanol–water partition coefficient (Wildman–Crippen LogP) is 11.9. The molecule has 2 atom stereocenters. The van der Waals surface area contributed by atoms with E-state index in [-0.39, 0.29) is 0 Å². The molecular formula is C40H46HfSi. The molecular weight excluding hydrogens is 687 g/mol. The predicted molar refractivity (Wildman–Crippen MR) is 185 cm³/mol. The Morgan fingerprint density at radius 3 is 1.36 bits per heavy atom. The van der Waals surface area contributed by atoms with Gasteiger partial charge in [-0.1, -0.05) is 0 Å². The Hall–Kier alpha value is -2.55. The Kier molecular flexibility index (Phi) is 7.63. The Morgan fingerprint density at radius 1 is 0.595 bits per heavy atom. The van der Waals surface area contributed by atoms with Crippen molar-refractivity contribution in [3.8, 4) is 22.3 Å². The number of hydrogen-bond acceptors (Lipinski definition) is 0. The molecule has 6 rings (SSSR count). The maximum absolute atomic E-state index is 3.79. The normalized spacial score (nSPS) is 17.5. The molecule has 42 heavy (non-hydrogen) atoms. The van der Waals surface area contributed by atoms with E-state index >= 15 is 0 Å².